The van der Waals surface area contributed by atoms with Gasteiger partial charge in [0.15, 0.2) is 5.82 Å². The van der Waals surface area contributed by atoms with Crippen molar-refractivity contribution in [2.24, 2.45) is 0 Å². The largest absolute Gasteiger partial charge is 0.338 e. The van der Waals surface area contributed by atoms with Gasteiger partial charge in [-0.1, -0.05) is 30.3 Å². The number of hydrogen-bond acceptors (Lipinski definition) is 6. The molecule has 0 aliphatic rings. The fourth-order valence-corrected chi connectivity index (χ4v) is 3.03. The molecule has 0 aliphatic heterocycles. The highest BCUT2D eigenvalue weighted by atomic mass is 32.2. The predicted octanol–water partition coefficient (Wildman–Crippen LogP) is 0.966. The molecule has 0 amide bonds. The maximum atomic E-state index is 12.4. The van der Waals surface area contributed by atoms with Crippen LogP contribution in [-0.4, -0.2) is 25.1 Å². The first-order valence-electron chi connectivity index (χ1n) is 6.60. The third-order valence-corrected chi connectivity index (χ3v) is 4.31. The standard InChI is InChI=1S/C13H18N4O3S/c1-3-14-8-11-6-4-5-7-12(11)21(18,19)15-9-13-16-10(2)17-20-13/h4-7,14-15H,3,8-9H2,1-2H3. The van der Waals surface area contributed by atoms with E-state index in [1.165, 1.54) is 0 Å². The fraction of sp³-hybridized carbons (Fsp3) is 0.385. The maximum Gasteiger partial charge on any atom is 0.241 e. The Bertz CT molecular complexity index is 697. The van der Waals surface area contributed by atoms with Crippen molar-refractivity contribution in [3.63, 3.8) is 0 Å². The number of hydrogen-bond donors (Lipinski definition) is 2. The highest BCUT2D eigenvalue weighted by Gasteiger charge is 2.18. The molecule has 1 aromatic heterocycles. The van der Waals surface area contributed by atoms with Crippen LogP contribution in [0.5, 0.6) is 0 Å². The van der Waals surface area contributed by atoms with Gasteiger partial charge in [0.05, 0.1) is 11.4 Å². The van der Waals surface area contributed by atoms with E-state index in [9.17, 15) is 8.42 Å². The minimum atomic E-state index is -3.63. The molecule has 0 spiro atoms. The molecule has 0 saturated heterocycles. The predicted molar refractivity (Wildman–Crippen MR) is 76.9 cm³/mol. The van der Waals surface area contributed by atoms with Crippen LogP contribution in [0.25, 0.3) is 0 Å². The molecule has 2 rings (SSSR count). The second-order valence-electron chi connectivity index (χ2n) is 4.45. The molecule has 0 bridgehead atoms. The molecule has 1 heterocycles. The molecule has 114 valence electrons. The molecule has 0 aliphatic carbocycles. The highest BCUT2D eigenvalue weighted by molar-refractivity contribution is 7.89. The van der Waals surface area contributed by atoms with Gasteiger partial charge in [0, 0.05) is 6.54 Å². The zero-order chi connectivity index (χ0) is 15.3. The number of benzene rings is 1. The summed E-state index contributed by atoms with van der Waals surface area (Å²) in [5.74, 6) is 0.706. The van der Waals surface area contributed by atoms with Gasteiger partial charge in [-0.15, -0.1) is 0 Å². The van der Waals surface area contributed by atoms with E-state index in [2.05, 4.69) is 20.2 Å². The van der Waals surface area contributed by atoms with Gasteiger partial charge in [-0.25, -0.2) is 13.1 Å². The zero-order valence-corrected chi connectivity index (χ0v) is 12.8. The number of aromatic nitrogens is 2. The molecule has 7 nitrogen and oxygen atoms in total. The number of rotatable bonds is 7. The lowest BCUT2D eigenvalue weighted by atomic mass is 10.2. The van der Waals surface area contributed by atoms with Crippen LogP contribution in [0, 0.1) is 6.92 Å². The summed E-state index contributed by atoms with van der Waals surface area (Å²) in [5.41, 5.74) is 0.716. The number of aryl methyl sites for hydroxylation is 1. The third kappa shape index (κ3) is 4.10. The van der Waals surface area contributed by atoms with E-state index in [0.29, 0.717) is 17.9 Å². The quantitative estimate of drug-likeness (QED) is 0.791. The lowest BCUT2D eigenvalue weighted by Gasteiger charge is -2.10. The van der Waals surface area contributed by atoms with E-state index in [-0.39, 0.29) is 17.3 Å². The number of nitrogens with one attached hydrogen (secondary N) is 2. The lowest BCUT2D eigenvalue weighted by molar-refractivity contribution is 0.372. The molecule has 1 aromatic carbocycles. The second-order valence-corrected chi connectivity index (χ2v) is 6.18. The Hall–Kier alpha value is -1.77. The smallest absolute Gasteiger partial charge is 0.241 e. The highest BCUT2D eigenvalue weighted by Crippen LogP contribution is 2.15. The molecule has 21 heavy (non-hydrogen) atoms. The van der Waals surface area contributed by atoms with Crippen molar-refractivity contribution in [2.45, 2.75) is 31.8 Å². The van der Waals surface area contributed by atoms with Crippen molar-refractivity contribution < 1.29 is 12.9 Å². The Morgan fingerprint density at radius 3 is 2.67 bits per heavy atom. The molecule has 2 N–H and O–H groups in total. The first-order valence-corrected chi connectivity index (χ1v) is 8.08. The van der Waals surface area contributed by atoms with E-state index >= 15 is 0 Å². The van der Waals surface area contributed by atoms with Crippen LogP contribution in [0.15, 0.2) is 33.7 Å². The summed E-state index contributed by atoms with van der Waals surface area (Å²) in [6.07, 6.45) is 0. The van der Waals surface area contributed by atoms with Crippen molar-refractivity contribution in [2.75, 3.05) is 6.54 Å². The Morgan fingerprint density at radius 2 is 2.00 bits per heavy atom. The first-order chi connectivity index (χ1) is 10.0. The molecule has 2 aromatic rings. The number of sulfonamides is 1. The van der Waals surface area contributed by atoms with Crippen LogP contribution in [0.4, 0.5) is 0 Å². The van der Waals surface area contributed by atoms with E-state index in [1.54, 1.807) is 25.1 Å². The molecular weight excluding hydrogens is 292 g/mol. The molecule has 0 saturated carbocycles. The van der Waals surface area contributed by atoms with Gasteiger partial charge in [0.25, 0.3) is 0 Å². The van der Waals surface area contributed by atoms with Crippen molar-refractivity contribution in [1.82, 2.24) is 20.2 Å². The van der Waals surface area contributed by atoms with Crippen LogP contribution in [0.3, 0.4) is 0 Å². The van der Waals surface area contributed by atoms with Crippen molar-refractivity contribution >= 4 is 10.0 Å². The minimum absolute atomic E-state index is 0.0291. The van der Waals surface area contributed by atoms with Crippen LogP contribution in [0.2, 0.25) is 0 Å². The van der Waals surface area contributed by atoms with Gasteiger partial charge >= 0.3 is 0 Å². The van der Waals surface area contributed by atoms with Crippen molar-refractivity contribution in [3.05, 3.63) is 41.5 Å². The van der Waals surface area contributed by atoms with E-state index in [4.69, 9.17) is 4.52 Å². The van der Waals surface area contributed by atoms with Crippen LogP contribution < -0.4 is 10.0 Å². The monoisotopic (exact) mass is 310 g/mol. The third-order valence-electron chi connectivity index (χ3n) is 2.81. The Labute approximate surface area is 123 Å². The Morgan fingerprint density at radius 1 is 1.24 bits per heavy atom. The molecule has 0 radical (unpaired) electrons. The van der Waals surface area contributed by atoms with Crippen LogP contribution in [0.1, 0.15) is 24.2 Å². The maximum absolute atomic E-state index is 12.4. The van der Waals surface area contributed by atoms with Gasteiger partial charge in [0.1, 0.15) is 0 Å². The lowest BCUT2D eigenvalue weighted by Crippen LogP contribution is -2.25. The molecule has 0 atom stereocenters. The van der Waals surface area contributed by atoms with E-state index in [1.807, 2.05) is 13.0 Å². The minimum Gasteiger partial charge on any atom is -0.338 e. The van der Waals surface area contributed by atoms with Crippen molar-refractivity contribution in [1.29, 1.82) is 0 Å². The van der Waals surface area contributed by atoms with Gasteiger partial charge in [-0.05, 0) is 25.1 Å². The number of nitrogens with zero attached hydrogens (tertiary/aromatic N) is 2. The average molecular weight is 310 g/mol. The second kappa shape index (κ2) is 6.79. The summed E-state index contributed by atoms with van der Waals surface area (Å²) in [6, 6.07) is 6.87. The zero-order valence-electron chi connectivity index (χ0n) is 12.0. The molecule has 0 fully saturated rings. The van der Waals surface area contributed by atoms with E-state index < -0.39 is 10.0 Å². The molecule has 0 unspecified atom stereocenters. The Kier molecular flexibility index (Phi) is 5.05. The van der Waals surface area contributed by atoms with Crippen LogP contribution >= 0.6 is 0 Å². The normalized spacial score (nSPS) is 11.7. The van der Waals surface area contributed by atoms with Crippen molar-refractivity contribution in [3.8, 4) is 0 Å². The van der Waals surface area contributed by atoms with Gasteiger partial charge < -0.3 is 9.84 Å². The molecular formula is C13H18N4O3S. The summed E-state index contributed by atoms with van der Waals surface area (Å²) in [5, 5.41) is 6.74. The summed E-state index contributed by atoms with van der Waals surface area (Å²) >= 11 is 0. The topological polar surface area (TPSA) is 97.1 Å². The molecule has 8 heteroatoms. The summed E-state index contributed by atoms with van der Waals surface area (Å²) < 4.78 is 32.1. The first kappa shape index (κ1) is 15.6. The van der Waals surface area contributed by atoms with Crippen LogP contribution in [-0.2, 0) is 23.1 Å². The average Bonchev–Trinajstić information content (AvgIpc) is 2.89. The summed E-state index contributed by atoms with van der Waals surface area (Å²) in [7, 11) is -3.63. The van der Waals surface area contributed by atoms with Gasteiger partial charge in [0.2, 0.25) is 15.9 Å². The fourth-order valence-electron chi connectivity index (χ4n) is 1.82. The SMILES string of the molecule is CCNCc1ccccc1S(=O)(=O)NCc1nc(C)no1. The summed E-state index contributed by atoms with van der Waals surface area (Å²) in [4.78, 5) is 4.21. The summed E-state index contributed by atoms with van der Waals surface area (Å²) in [6.45, 7) is 4.87. The van der Waals surface area contributed by atoms with Gasteiger partial charge in [-0.2, -0.15) is 4.98 Å². The van der Waals surface area contributed by atoms with E-state index in [0.717, 1.165) is 6.54 Å². The van der Waals surface area contributed by atoms with Gasteiger partial charge in [-0.3, -0.25) is 0 Å². The Balaban J connectivity index is 2.15.